The van der Waals surface area contributed by atoms with Crippen molar-refractivity contribution in [2.75, 3.05) is 18.4 Å². The number of nitro benzene ring substituents is 1. The van der Waals surface area contributed by atoms with Crippen molar-refractivity contribution in [1.82, 2.24) is 15.6 Å². The number of nitrogens with zero attached hydrogens (tertiary/aromatic N) is 1. The van der Waals surface area contributed by atoms with Crippen LogP contribution in [0.1, 0.15) is 12.5 Å². The Labute approximate surface area is 173 Å². The third-order valence-electron chi connectivity index (χ3n) is 4.63. The molecule has 0 unspecified atom stereocenters. The largest absolute Gasteiger partial charge is 0.378 e. The van der Waals surface area contributed by atoms with E-state index in [0.29, 0.717) is 18.7 Å². The van der Waals surface area contributed by atoms with Gasteiger partial charge in [0.05, 0.1) is 4.92 Å². The molecule has 0 aliphatic heterocycles. The number of carbonyl (C=O) groups is 2. The zero-order valence-electron chi connectivity index (χ0n) is 16.5. The molecule has 0 radical (unpaired) electrons. The fourth-order valence-electron chi connectivity index (χ4n) is 3.26. The van der Waals surface area contributed by atoms with Gasteiger partial charge in [-0.2, -0.15) is 0 Å². The van der Waals surface area contributed by atoms with Crippen LogP contribution in [-0.4, -0.2) is 40.9 Å². The number of amides is 2. The number of H-pyrrole nitrogens is 1. The number of para-hydroxylation sites is 3. The van der Waals surface area contributed by atoms with E-state index in [1.54, 1.807) is 18.2 Å². The fourth-order valence-corrected chi connectivity index (χ4v) is 3.26. The molecule has 0 aliphatic carbocycles. The first-order valence-electron chi connectivity index (χ1n) is 9.53. The lowest BCUT2D eigenvalue weighted by atomic mass is 10.0. The van der Waals surface area contributed by atoms with Crippen molar-refractivity contribution in [2.45, 2.75) is 19.4 Å². The quantitative estimate of drug-likeness (QED) is 0.245. The molecule has 4 N–H and O–H groups in total. The molecule has 2 amide bonds. The third-order valence-corrected chi connectivity index (χ3v) is 4.63. The Hall–Kier alpha value is -3.88. The van der Waals surface area contributed by atoms with E-state index >= 15 is 0 Å². The predicted molar refractivity (Wildman–Crippen MR) is 114 cm³/mol. The summed E-state index contributed by atoms with van der Waals surface area (Å²) in [6.07, 6.45) is 2.18. The van der Waals surface area contributed by atoms with Crippen molar-refractivity contribution in [1.29, 1.82) is 0 Å². The van der Waals surface area contributed by atoms with Crippen molar-refractivity contribution in [2.24, 2.45) is 0 Å². The van der Waals surface area contributed by atoms with Gasteiger partial charge < -0.3 is 20.9 Å². The highest BCUT2D eigenvalue weighted by Gasteiger charge is 2.21. The van der Waals surface area contributed by atoms with Crippen molar-refractivity contribution >= 4 is 34.1 Å². The van der Waals surface area contributed by atoms with Gasteiger partial charge in [-0.25, -0.2) is 0 Å². The van der Waals surface area contributed by atoms with Crippen molar-refractivity contribution in [3.63, 3.8) is 0 Å². The second-order valence-electron chi connectivity index (χ2n) is 6.81. The SMILES string of the molecule is CC(=O)N[C@@H](Cc1c[nH]c2ccccc12)C(=O)NCCNc1ccccc1[N+](=O)[O-]. The van der Waals surface area contributed by atoms with Gasteiger partial charge in [0.2, 0.25) is 11.8 Å². The predicted octanol–water partition coefficient (Wildman–Crippen LogP) is 2.35. The average Bonchev–Trinajstić information content (AvgIpc) is 3.13. The summed E-state index contributed by atoms with van der Waals surface area (Å²) in [6.45, 7) is 1.91. The first-order chi connectivity index (χ1) is 14.5. The molecule has 156 valence electrons. The number of nitro groups is 1. The third kappa shape index (κ3) is 5.13. The number of hydrogen-bond donors (Lipinski definition) is 4. The molecular formula is C21H23N5O4. The highest BCUT2D eigenvalue weighted by molar-refractivity contribution is 5.89. The molecule has 3 aromatic rings. The molecule has 0 aliphatic rings. The summed E-state index contributed by atoms with van der Waals surface area (Å²) in [5.74, 6) is -0.618. The molecule has 9 heteroatoms. The van der Waals surface area contributed by atoms with Crippen LogP contribution >= 0.6 is 0 Å². The van der Waals surface area contributed by atoms with Crippen LogP contribution in [0.15, 0.2) is 54.7 Å². The Balaban J connectivity index is 1.59. The van der Waals surface area contributed by atoms with Crippen LogP contribution in [0.3, 0.4) is 0 Å². The molecule has 1 atom stereocenters. The van der Waals surface area contributed by atoms with E-state index in [2.05, 4.69) is 20.9 Å². The van der Waals surface area contributed by atoms with Crippen LogP contribution < -0.4 is 16.0 Å². The molecule has 2 aromatic carbocycles. The molecule has 1 heterocycles. The summed E-state index contributed by atoms with van der Waals surface area (Å²) in [5, 5.41) is 20.5. The fraction of sp³-hybridized carbons (Fsp3) is 0.238. The summed E-state index contributed by atoms with van der Waals surface area (Å²) >= 11 is 0. The van der Waals surface area contributed by atoms with Gasteiger partial charge in [-0.1, -0.05) is 30.3 Å². The van der Waals surface area contributed by atoms with Gasteiger partial charge in [-0.05, 0) is 17.7 Å². The lowest BCUT2D eigenvalue weighted by Gasteiger charge is -2.18. The maximum Gasteiger partial charge on any atom is 0.292 e. The Morgan fingerprint density at radius 3 is 2.60 bits per heavy atom. The number of fused-ring (bicyclic) bond motifs is 1. The first kappa shape index (κ1) is 20.8. The number of benzene rings is 2. The zero-order chi connectivity index (χ0) is 21.5. The summed E-state index contributed by atoms with van der Waals surface area (Å²) in [7, 11) is 0. The summed E-state index contributed by atoms with van der Waals surface area (Å²) < 4.78 is 0. The van der Waals surface area contributed by atoms with E-state index in [1.165, 1.54) is 13.0 Å². The number of carbonyl (C=O) groups excluding carboxylic acids is 2. The second kappa shape index (κ2) is 9.55. The smallest absolute Gasteiger partial charge is 0.292 e. The maximum absolute atomic E-state index is 12.7. The maximum atomic E-state index is 12.7. The van der Waals surface area contributed by atoms with Gasteiger partial charge >= 0.3 is 0 Å². The molecule has 30 heavy (non-hydrogen) atoms. The van der Waals surface area contributed by atoms with Crippen molar-refractivity contribution in [3.05, 3.63) is 70.4 Å². The van der Waals surface area contributed by atoms with Gasteiger partial charge in [0.15, 0.2) is 0 Å². The highest BCUT2D eigenvalue weighted by atomic mass is 16.6. The number of rotatable bonds is 9. The number of nitrogens with one attached hydrogen (secondary N) is 4. The van der Waals surface area contributed by atoms with E-state index < -0.39 is 11.0 Å². The summed E-state index contributed by atoms with van der Waals surface area (Å²) in [4.78, 5) is 38.0. The highest BCUT2D eigenvalue weighted by Crippen LogP contribution is 2.22. The van der Waals surface area contributed by atoms with E-state index in [9.17, 15) is 19.7 Å². The average molecular weight is 409 g/mol. The van der Waals surface area contributed by atoms with Crippen LogP contribution in [0.25, 0.3) is 10.9 Å². The summed E-state index contributed by atoms with van der Waals surface area (Å²) in [5.41, 5.74) is 2.24. The number of aromatic nitrogens is 1. The van der Waals surface area contributed by atoms with Crippen molar-refractivity contribution < 1.29 is 14.5 Å². The molecular weight excluding hydrogens is 386 g/mol. The molecule has 0 saturated heterocycles. The van der Waals surface area contributed by atoms with E-state index in [0.717, 1.165) is 16.5 Å². The van der Waals surface area contributed by atoms with Crippen LogP contribution in [0.4, 0.5) is 11.4 Å². The van der Waals surface area contributed by atoms with Crippen molar-refractivity contribution in [3.8, 4) is 0 Å². The second-order valence-corrected chi connectivity index (χ2v) is 6.81. The van der Waals surface area contributed by atoms with Crippen LogP contribution in [0.5, 0.6) is 0 Å². The van der Waals surface area contributed by atoms with Gasteiger partial charge in [0, 0.05) is 49.6 Å². The molecule has 9 nitrogen and oxygen atoms in total. The van der Waals surface area contributed by atoms with Gasteiger partial charge in [-0.15, -0.1) is 0 Å². The molecule has 3 rings (SSSR count). The topological polar surface area (TPSA) is 129 Å². The van der Waals surface area contributed by atoms with Crippen LogP contribution in [-0.2, 0) is 16.0 Å². The lowest BCUT2D eigenvalue weighted by Crippen LogP contribution is -2.48. The molecule has 1 aromatic heterocycles. The first-order valence-corrected chi connectivity index (χ1v) is 9.53. The van der Waals surface area contributed by atoms with Gasteiger partial charge in [0.1, 0.15) is 11.7 Å². The number of aromatic amines is 1. The minimum atomic E-state index is -0.729. The van der Waals surface area contributed by atoms with E-state index in [4.69, 9.17) is 0 Å². The number of hydrogen-bond acceptors (Lipinski definition) is 5. The van der Waals surface area contributed by atoms with E-state index in [1.807, 2.05) is 30.5 Å². The standard InChI is InChI=1S/C21H23N5O4/c1-14(27)25-19(12-15-13-24-17-7-3-2-6-16(15)17)21(28)23-11-10-22-18-8-4-5-9-20(18)26(29)30/h2-9,13,19,22,24H,10-12H2,1H3,(H,23,28)(H,25,27)/t19-/m0/s1. The molecule has 0 spiro atoms. The molecule has 0 fully saturated rings. The Morgan fingerprint density at radius 2 is 1.83 bits per heavy atom. The van der Waals surface area contributed by atoms with Gasteiger partial charge in [-0.3, -0.25) is 19.7 Å². The molecule has 0 saturated carbocycles. The van der Waals surface area contributed by atoms with Crippen LogP contribution in [0, 0.1) is 10.1 Å². The number of anilines is 1. The Morgan fingerprint density at radius 1 is 1.10 bits per heavy atom. The minimum absolute atomic E-state index is 0.0284. The monoisotopic (exact) mass is 409 g/mol. The molecule has 0 bridgehead atoms. The lowest BCUT2D eigenvalue weighted by molar-refractivity contribution is -0.384. The van der Waals surface area contributed by atoms with Gasteiger partial charge in [0.25, 0.3) is 5.69 Å². The van der Waals surface area contributed by atoms with Crippen LogP contribution in [0.2, 0.25) is 0 Å². The normalized spacial score (nSPS) is 11.6. The Bertz CT molecular complexity index is 1060. The Kier molecular flexibility index (Phi) is 6.63. The zero-order valence-corrected chi connectivity index (χ0v) is 16.5. The minimum Gasteiger partial charge on any atom is -0.378 e. The summed E-state index contributed by atoms with van der Waals surface area (Å²) in [6, 6.07) is 13.3. The van der Waals surface area contributed by atoms with E-state index in [-0.39, 0.29) is 24.0 Å².